The zero-order chi connectivity index (χ0) is 12.7. The molecule has 1 atom stereocenters. The van der Waals surface area contributed by atoms with E-state index in [0.717, 1.165) is 13.2 Å². The Morgan fingerprint density at radius 2 is 1.74 bits per heavy atom. The lowest BCUT2D eigenvalue weighted by Gasteiger charge is -2.09. The maximum absolute atomic E-state index is 5.40. The van der Waals surface area contributed by atoms with Gasteiger partial charge in [-0.3, -0.25) is 0 Å². The van der Waals surface area contributed by atoms with Gasteiger partial charge in [0.1, 0.15) is 0 Å². The van der Waals surface area contributed by atoms with Crippen LogP contribution in [-0.2, 0) is 11.3 Å². The molecule has 0 radical (unpaired) electrons. The number of para-hydroxylation sites is 1. The van der Waals surface area contributed by atoms with Gasteiger partial charge in [0.05, 0.1) is 19.3 Å². The fourth-order valence-corrected chi connectivity index (χ4v) is 2.63. The first-order valence-corrected chi connectivity index (χ1v) is 6.67. The number of rotatable bonds is 3. The van der Waals surface area contributed by atoms with E-state index < -0.39 is 0 Å². The Hall–Kier alpha value is -2.06. The summed E-state index contributed by atoms with van der Waals surface area (Å²) in [4.78, 5) is 0. The van der Waals surface area contributed by atoms with Crippen molar-refractivity contribution in [3.8, 4) is 11.3 Å². The number of nitrogens with zero attached hydrogens (tertiary/aromatic N) is 1. The minimum atomic E-state index is 0.387. The van der Waals surface area contributed by atoms with Crippen LogP contribution in [0, 0.1) is 0 Å². The Balaban J connectivity index is 1.92. The molecule has 1 aliphatic heterocycles. The molecule has 4 rings (SSSR count). The number of epoxide rings is 1. The summed E-state index contributed by atoms with van der Waals surface area (Å²) in [7, 11) is 0. The average molecular weight is 249 g/mol. The molecule has 94 valence electrons. The third-order valence-electron chi connectivity index (χ3n) is 3.67. The van der Waals surface area contributed by atoms with Crippen LogP contribution in [0.2, 0.25) is 0 Å². The third kappa shape index (κ3) is 1.94. The molecule has 2 nitrogen and oxygen atoms in total. The molecule has 3 aromatic rings. The van der Waals surface area contributed by atoms with E-state index in [4.69, 9.17) is 4.74 Å². The SMILES string of the molecule is c1ccc(-c2cc3ccccc3n2CC2CO2)cc1. The number of hydrogen-bond donors (Lipinski definition) is 0. The second-order valence-corrected chi connectivity index (χ2v) is 5.02. The van der Waals surface area contributed by atoms with Crippen LogP contribution in [0.3, 0.4) is 0 Å². The van der Waals surface area contributed by atoms with Gasteiger partial charge in [-0.2, -0.15) is 0 Å². The highest BCUT2D eigenvalue weighted by Gasteiger charge is 2.24. The smallest absolute Gasteiger partial charge is 0.0988 e. The molecule has 0 aliphatic carbocycles. The van der Waals surface area contributed by atoms with E-state index >= 15 is 0 Å². The molecule has 0 spiro atoms. The maximum atomic E-state index is 5.40. The molecule has 0 saturated carbocycles. The quantitative estimate of drug-likeness (QED) is 0.647. The molecule has 0 amide bonds. The minimum absolute atomic E-state index is 0.387. The highest BCUT2D eigenvalue weighted by atomic mass is 16.6. The van der Waals surface area contributed by atoms with Gasteiger partial charge < -0.3 is 9.30 Å². The van der Waals surface area contributed by atoms with Gasteiger partial charge in [0, 0.05) is 16.6 Å². The predicted octanol–water partition coefficient (Wildman–Crippen LogP) is 3.71. The van der Waals surface area contributed by atoms with Crippen LogP contribution >= 0.6 is 0 Å². The van der Waals surface area contributed by atoms with Crippen molar-refractivity contribution < 1.29 is 4.74 Å². The van der Waals surface area contributed by atoms with Crippen LogP contribution in [0.5, 0.6) is 0 Å². The van der Waals surface area contributed by atoms with E-state index in [1.54, 1.807) is 0 Å². The summed E-state index contributed by atoms with van der Waals surface area (Å²) >= 11 is 0. The van der Waals surface area contributed by atoms with Crippen LogP contribution in [0.25, 0.3) is 22.2 Å². The van der Waals surface area contributed by atoms with Crippen molar-refractivity contribution in [2.45, 2.75) is 12.6 Å². The van der Waals surface area contributed by atoms with Crippen molar-refractivity contribution in [3.05, 3.63) is 60.7 Å². The summed E-state index contributed by atoms with van der Waals surface area (Å²) in [6.07, 6.45) is 0.387. The van der Waals surface area contributed by atoms with Gasteiger partial charge in [0.2, 0.25) is 0 Å². The monoisotopic (exact) mass is 249 g/mol. The topological polar surface area (TPSA) is 17.5 Å². The lowest BCUT2D eigenvalue weighted by atomic mass is 10.1. The third-order valence-corrected chi connectivity index (χ3v) is 3.67. The average Bonchev–Trinajstić information content (AvgIpc) is 3.21. The molecule has 2 heterocycles. The van der Waals surface area contributed by atoms with Crippen molar-refractivity contribution in [3.63, 3.8) is 0 Å². The van der Waals surface area contributed by atoms with Crippen molar-refractivity contribution in [1.82, 2.24) is 4.57 Å². The Morgan fingerprint density at radius 3 is 2.53 bits per heavy atom. The molecule has 1 aromatic heterocycles. The predicted molar refractivity (Wildman–Crippen MR) is 77.1 cm³/mol. The van der Waals surface area contributed by atoms with Gasteiger partial charge in [-0.1, -0.05) is 48.5 Å². The number of benzene rings is 2. The zero-order valence-corrected chi connectivity index (χ0v) is 10.6. The number of hydrogen-bond acceptors (Lipinski definition) is 1. The first-order chi connectivity index (χ1) is 9.42. The van der Waals surface area contributed by atoms with E-state index in [2.05, 4.69) is 65.2 Å². The molecule has 1 fully saturated rings. The molecule has 2 heteroatoms. The summed E-state index contributed by atoms with van der Waals surface area (Å²) in [6.45, 7) is 1.83. The van der Waals surface area contributed by atoms with Crippen LogP contribution in [-0.4, -0.2) is 17.3 Å². The summed E-state index contributed by atoms with van der Waals surface area (Å²) in [5.41, 5.74) is 3.83. The largest absolute Gasteiger partial charge is 0.371 e. The Kier molecular flexibility index (Phi) is 2.42. The van der Waals surface area contributed by atoms with Gasteiger partial charge in [-0.05, 0) is 17.7 Å². The van der Waals surface area contributed by atoms with Crippen LogP contribution in [0.4, 0.5) is 0 Å². The molecule has 0 bridgehead atoms. The zero-order valence-electron chi connectivity index (χ0n) is 10.6. The molecular weight excluding hydrogens is 234 g/mol. The first kappa shape index (κ1) is 10.8. The number of ether oxygens (including phenoxy) is 1. The van der Waals surface area contributed by atoms with Gasteiger partial charge in [0.25, 0.3) is 0 Å². The molecule has 19 heavy (non-hydrogen) atoms. The second kappa shape index (κ2) is 4.25. The fraction of sp³-hybridized carbons (Fsp3) is 0.176. The molecule has 2 aromatic carbocycles. The van der Waals surface area contributed by atoms with Crippen molar-refractivity contribution in [1.29, 1.82) is 0 Å². The minimum Gasteiger partial charge on any atom is -0.371 e. The van der Waals surface area contributed by atoms with Crippen molar-refractivity contribution in [2.24, 2.45) is 0 Å². The normalized spacial score (nSPS) is 17.8. The van der Waals surface area contributed by atoms with E-state index in [1.807, 2.05) is 0 Å². The van der Waals surface area contributed by atoms with Gasteiger partial charge in [-0.25, -0.2) is 0 Å². The fourth-order valence-electron chi connectivity index (χ4n) is 2.63. The van der Waals surface area contributed by atoms with Gasteiger partial charge in [-0.15, -0.1) is 0 Å². The number of fused-ring (bicyclic) bond motifs is 1. The second-order valence-electron chi connectivity index (χ2n) is 5.02. The van der Waals surface area contributed by atoms with Crippen LogP contribution in [0.1, 0.15) is 0 Å². The summed E-state index contributed by atoms with van der Waals surface area (Å²) in [5, 5.41) is 1.29. The molecule has 1 saturated heterocycles. The van der Waals surface area contributed by atoms with Crippen molar-refractivity contribution >= 4 is 10.9 Å². The summed E-state index contributed by atoms with van der Waals surface area (Å²) in [5.74, 6) is 0. The van der Waals surface area contributed by atoms with E-state index in [1.165, 1.54) is 22.2 Å². The molecule has 1 aliphatic rings. The Morgan fingerprint density at radius 1 is 1.00 bits per heavy atom. The summed E-state index contributed by atoms with van der Waals surface area (Å²) < 4.78 is 7.78. The van der Waals surface area contributed by atoms with Gasteiger partial charge in [0.15, 0.2) is 0 Å². The first-order valence-electron chi connectivity index (χ1n) is 6.67. The van der Waals surface area contributed by atoms with E-state index in [9.17, 15) is 0 Å². The highest BCUT2D eigenvalue weighted by molar-refractivity contribution is 5.87. The van der Waals surface area contributed by atoms with E-state index in [-0.39, 0.29) is 0 Å². The number of aromatic nitrogens is 1. The van der Waals surface area contributed by atoms with Crippen molar-refractivity contribution in [2.75, 3.05) is 6.61 Å². The van der Waals surface area contributed by atoms with Gasteiger partial charge >= 0.3 is 0 Å². The van der Waals surface area contributed by atoms with Crippen LogP contribution in [0.15, 0.2) is 60.7 Å². The summed E-state index contributed by atoms with van der Waals surface area (Å²) in [6, 6.07) is 21.4. The lowest BCUT2D eigenvalue weighted by Crippen LogP contribution is -2.05. The molecule has 1 unspecified atom stereocenters. The van der Waals surface area contributed by atoms with E-state index in [0.29, 0.717) is 6.10 Å². The lowest BCUT2D eigenvalue weighted by molar-refractivity contribution is 0.386. The Bertz CT molecular complexity index is 710. The maximum Gasteiger partial charge on any atom is 0.0988 e. The Labute approximate surface area is 112 Å². The highest BCUT2D eigenvalue weighted by Crippen LogP contribution is 2.29. The standard InChI is InChI=1S/C17H15NO/c1-2-6-13(7-3-1)17-10-14-8-4-5-9-16(14)18(17)11-15-12-19-15/h1-10,15H,11-12H2. The van der Waals surface area contributed by atoms with Crippen LogP contribution < -0.4 is 0 Å². The molecular formula is C17H15NO. The molecule has 0 N–H and O–H groups in total.